The van der Waals surface area contributed by atoms with E-state index in [0.717, 1.165) is 24.0 Å². The van der Waals surface area contributed by atoms with Crippen molar-refractivity contribution in [3.05, 3.63) is 11.1 Å². The van der Waals surface area contributed by atoms with Gasteiger partial charge in [-0.1, -0.05) is 13.8 Å². The number of ether oxygens (including phenoxy) is 1. The van der Waals surface area contributed by atoms with Gasteiger partial charge in [0.1, 0.15) is 6.10 Å². The van der Waals surface area contributed by atoms with E-state index in [1.807, 2.05) is 20.8 Å². The molecular formula is C15H22O4. The molecule has 0 radical (unpaired) electrons. The summed E-state index contributed by atoms with van der Waals surface area (Å²) < 4.78 is 5.56. The van der Waals surface area contributed by atoms with Crippen molar-refractivity contribution in [2.45, 2.75) is 58.3 Å². The van der Waals surface area contributed by atoms with Crippen molar-refractivity contribution in [1.82, 2.24) is 0 Å². The van der Waals surface area contributed by atoms with Gasteiger partial charge in [0.15, 0.2) is 0 Å². The Morgan fingerprint density at radius 3 is 2.74 bits per heavy atom. The first-order valence-corrected chi connectivity index (χ1v) is 7.14. The molecule has 106 valence electrons. The maximum absolute atomic E-state index is 11.8. The van der Waals surface area contributed by atoms with Crippen molar-refractivity contribution in [2.24, 2.45) is 17.3 Å². The van der Waals surface area contributed by atoms with Crippen LogP contribution in [0.3, 0.4) is 0 Å². The zero-order valence-electron chi connectivity index (χ0n) is 11.7. The molecule has 19 heavy (non-hydrogen) atoms. The van der Waals surface area contributed by atoms with Gasteiger partial charge in [-0.3, -0.25) is 4.79 Å². The van der Waals surface area contributed by atoms with Gasteiger partial charge in [0.2, 0.25) is 0 Å². The average molecular weight is 266 g/mol. The van der Waals surface area contributed by atoms with Gasteiger partial charge >= 0.3 is 5.97 Å². The van der Waals surface area contributed by atoms with E-state index in [1.54, 1.807) is 0 Å². The van der Waals surface area contributed by atoms with Crippen LogP contribution in [0.15, 0.2) is 11.1 Å². The molecule has 2 fully saturated rings. The fourth-order valence-electron chi connectivity index (χ4n) is 4.21. The Balaban J connectivity index is 2.09. The van der Waals surface area contributed by atoms with Crippen LogP contribution in [0.2, 0.25) is 0 Å². The molecule has 0 unspecified atom stereocenters. The lowest BCUT2D eigenvalue weighted by molar-refractivity contribution is -0.144. The Morgan fingerprint density at radius 2 is 2.05 bits per heavy atom. The molecule has 0 aromatic heterocycles. The predicted molar refractivity (Wildman–Crippen MR) is 69.2 cm³/mol. The van der Waals surface area contributed by atoms with Crippen LogP contribution in [0.5, 0.6) is 0 Å². The summed E-state index contributed by atoms with van der Waals surface area (Å²) in [6.07, 6.45) is 0.717. The van der Waals surface area contributed by atoms with Crippen molar-refractivity contribution >= 4 is 5.97 Å². The molecule has 0 bridgehead atoms. The number of hydrogen-bond acceptors (Lipinski definition) is 4. The van der Waals surface area contributed by atoms with Crippen LogP contribution in [-0.4, -0.2) is 34.5 Å². The van der Waals surface area contributed by atoms with Crippen LogP contribution < -0.4 is 0 Å². The van der Waals surface area contributed by atoms with E-state index in [0.29, 0.717) is 6.42 Å². The predicted octanol–water partition coefficient (Wildman–Crippen LogP) is 1.41. The van der Waals surface area contributed by atoms with Crippen LogP contribution in [0, 0.1) is 17.3 Å². The Labute approximate surface area is 113 Å². The quantitative estimate of drug-likeness (QED) is 0.514. The van der Waals surface area contributed by atoms with Gasteiger partial charge < -0.3 is 14.9 Å². The molecule has 6 atom stereocenters. The van der Waals surface area contributed by atoms with E-state index in [1.165, 1.54) is 0 Å². The highest BCUT2D eigenvalue weighted by Crippen LogP contribution is 2.55. The van der Waals surface area contributed by atoms with Gasteiger partial charge in [0, 0.05) is 17.8 Å². The fraction of sp³-hybridized carbons (Fsp3) is 0.800. The molecule has 1 heterocycles. The van der Waals surface area contributed by atoms with Crippen LogP contribution in [0.25, 0.3) is 0 Å². The van der Waals surface area contributed by atoms with Gasteiger partial charge in [-0.05, 0) is 30.9 Å². The summed E-state index contributed by atoms with van der Waals surface area (Å²) >= 11 is 0. The lowest BCUT2D eigenvalue weighted by Gasteiger charge is -2.49. The molecule has 4 heteroatoms. The molecule has 2 N–H and O–H groups in total. The maximum atomic E-state index is 11.8. The lowest BCUT2D eigenvalue weighted by Crippen LogP contribution is -2.50. The first-order valence-electron chi connectivity index (χ1n) is 7.14. The van der Waals surface area contributed by atoms with Gasteiger partial charge in [-0.15, -0.1) is 0 Å². The molecule has 1 saturated heterocycles. The highest BCUT2D eigenvalue weighted by Gasteiger charge is 2.56. The molecule has 4 nitrogen and oxygen atoms in total. The van der Waals surface area contributed by atoms with Crippen LogP contribution in [0.1, 0.15) is 40.0 Å². The Kier molecular flexibility index (Phi) is 2.81. The minimum Gasteiger partial charge on any atom is -0.457 e. The van der Waals surface area contributed by atoms with Gasteiger partial charge in [0.05, 0.1) is 18.1 Å². The zero-order valence-corrected chi connectivity index (χ0v) is 11.7. The minimum atomic E-state index is -0.619. The number of aliphatic hydroxyl groups excluding tert-OH is 2. The molecule has 0 amide bonds. The molecule has 3 rings (SSSR count). The smallest absolute Gasteiger partial charge is 0.309 e. The van der Waals surface area contributed by atoms with Crippen LogP contribution >= 0.6 is 0 Å². The molecule has 2 aliphatic carbocycles. The van der Waals surface area contributed by atoms with Crippen molar-refractivity contribution in [3.63, 3.8) is 0 Å². The number of carbonyl (C=O) groups excluding carboxylic acids is 1. The average Bonchev–Trinajstić information content (AvgIpc) is 2.63. The third-order valence-corrected chi connectivity index (χ3v) is 5.65. The number of aliphatic hydroxyl groups is 2. The number of carbonyl (C=O) groups is 1. The van der Waals surface area contributed by atoms with E-state index in [-0.39, 0.29) is 29.3 Å². The standard InChI is InChI=1S/C15H22O4/c1-7-9-4-5-15(3)11(17)6-10(16)8(2)12(15)13(9)19-14(7)18/h7,9-11,13,16-17H,4-6H2,1-3H3/t7-,9+,10+,11-,13+,15+/m1/s1. The van der Waals surface area contributed by atoms with Crippen molar-refractivity contribution < 1.29 is 19.7 Å². The fourth-order valence-corrected chi connectivity index (χ4v) is 4.21. The summed E-state index contributed by atoms with van der Waals surface area (Å²) in [5.74, 6) is -0.0248. The van der Waals surface area contributed by atoms with E-state index in [4.69, 9.17) is 4.74 Å². The SMILES string of the molecule is CC1=C2[C@H]3OC(=O)[C@H](C)[C@@H]3CC[C@@]2(C)[C@H](O)C[C@@H]1O. The Bertz CT molecular complexity index is 455. The van der Waals surface area contributed by atoms with Gasteiger partial charge in [-0.25, -0.2) is 0 Å². The van der Waals surface area contributed by atoms with Crippen molar-refractivity contribution in [1.29, 1.82) is 0 Å². The number of rotatable bonds is 0. The summed E-state index contributed by atoms with van der Waals surface area (Å²) in [5, 5.41) is 20.5. The summed E-state index contributed by atoms with van der Waals surface area (Å²) in [5.41, 5.74) is 1.52. The molecule has 1 aliphatic heterocycles. The molecule has 1 saturated carbocycles. The highest BCUT2D eigenvalue weighted by atomic mass is 16.6. The second kappa shape index (κ2) is 4.06. The van der Waals surface area contributed by atoms with Gasteiger partial charge in [-0.2, -0.15) is 0 Å². The van der Waals surface area contributed by atoms with E-state index in [9.17, 15) is 15.0 Å². The molecule has 3 aliphatic rings. The molecule has 0 aromatic carbocycles. The highest BCUT2D eigenvalue weighted by molar-refractivity contribution is 5.75. The Hall–Kier alpha value is -0.870. The van der Waals surface area contributed by atoms with E-state index in [2.05, 4.69) is 0 Å². The number of fused-ring (bicyclic) bond motifs is 3. The van der Waals surface area contributed by atoms with E-state index < -0.39 is 12.2 Å². The Morgan fingerprint density at radius 1 is 1.37 bits per heavy atom. The third kappa shape index (κ3) is 1.62. The summed E-state index contributed by atoms with van der Waals surface area (Å²) in [7, 11) is 0. The number of hydrogen-bond donors (Lipinski definition) is 2. The lowest BCUT2D eigenvalue weighted by atomic mass is 9.58. The maximum Gasteiger partial charge on any atom is 0.309 e. The summed E-state index contributed by atoms with van der Waals surface area (Å²) in [6.45, 7) is 5.86. The van der Waals surface area contributed by atoms with Crippen LogP contribution in [-0.2, 0) is 9.53 Å². The van der Waals surface area contributed by atoms with Crippen molar-refractivity contribution in [3.8, 4) is 0 Å². The van der Waals surface area contributed by atoms with Crippen LogP contribution in [0.4, 0.5) is 0 Å². The van der Waals surface area contributed by atoms with Gasteiger partial charge in [0.25, 0.3) is 0 Å². The summed E-state index contributed by atoms with van der Waals surface area (Å²) in [6, 6.07) is 0. The van der Waals surface area contributed by atoms with E-state index >= 15 is 0 Å². The molecular weight excluding hydrogens is 244 g/mol. The zero-order chi connectivity index (χ0) is 13.9. The third-order valence-electron chi connectivity index (χ3n) is 5.65. The first-order chi connectivity index (χ1) is 8.86. The molecule has 0 spiro atoms. The number of esters is 1. The normalized spacial score (nSPS) is 49.7. The second-order valence-corrected chi connectivity index (χ2v) is 6.63. The second-order valence-electron chi connectivity index (χ2n) is 6.63. The largest absolute Gasteiger partial charge is 0.457 e. The summed E-state index contributed by atoms with van der Waals surface area (Å²) in [4.78, 5) is 11.8. The monoisotopic (exact) mass is 266 g/mol. The molecule has 0 aromatic rings. The minimum absolute atomic E-state index is 0.0777. The topological polar surface area (TPSA) is 66.8 Å². The first kappa shape index (κ1) is 13.1. The van der Waals surface area contributed by atoms with Crippen molar-refractivity contribution in [2.75, 3.05) is 0 Å².